The third-order valence-electron chi connectivity index (χ3n) is 3.61. The van der Waals surface area contributed by atoms with Crippen molar-refractivity contribution in [1.29, 1.82) is 5.26 Å². The van der Waals surface area contributed by atoms with Gasteiger partial charge in [-0.25, -0.2) is 13.2 Å². The Balaban J connectivity index is 2.14. The molecule has 26 heavy (non-hydrogen) atoms. The highest BCUT2D eigenvalue weighted by Crippen LogP contribution is 2.59. The van der Waals surface area contributed by atoms with Crippen molar-refractivity contribution in [2.45, 2.75) is 22.4 Å². The molecule has 4 nitrogen and oxygen atoms in total. The van der Waals surface area contributed by atoms with Gasteiger partial charge in [-0.1, -0.05) is 0 Å². The molecule has 136 valence electrons. The Morgan fingerprint density at radius 2 is 1.85 bits per heavy atom. The lowest BCUT2D eigenvalue weighted by atomic mass is 9.98. The molecule has 0 fully saturated rings. The molecule has 0 atom stereocenters. The monoisotopic (exact) mass is 389 g/mol. The van der Waals surface area contributed by atoms with Gasteiger partial charge in [0.2, 0.25) is 0 Å². The van der Waals surface area contributed by atoms with Crippen LogP contribution in [-0.4, -0.2) is 15.5 Å². The highest BCUT2D eigenvalue weighted by molar-refractivity contribution is 8.00. The van der Waals surface area contributed by atoms with Gasteiger partial charge in [0.1, 0.15) is 17.3 Å². The van der Waals surface area contributed by atoms with E-state index in [-0.39, 0.29) is 23.1 Å². The number of fused-ring (bicyclic) bond motifs is 1. The SMILES string of the molecule is N#Cc1cc(F)cc(Oc2ccc3c(c2C(F)F)C(O)(O)C(F)(F)S3)c1. The first kappa shape index (κ1) is 18.4. The molecule has 0 saturated heterocycles. The lowest BCUT2D eigenvalue weighted by Gasteiger charge is -2.25. The normalized spacial score (nSPS) is 17.0. The van der Waals surface area contributed by atoms with E-state index < -0.39 is 45.1 Å². The molecule has 0 amide bonds. The van der Waals surface area contributed by atoms with Gasteiger partial charge in [-0.2, -0.15) is 14.0 Å². The molecular formula is C16H8F5NO3S. The fraction of sp³-hybridized carbons (Fsp3) is 0.188. The fourth-order valence-electron chi connectivity index (χ4n) is 2.50. The minimum absolute atomic E-state index is 0.152. The van der Waals surface area contributed by atoms with Crippen molar-refractivity contribution < 1.29 is 36.9 Å². The van der Waals surface area contributed by atoms with E-state index in [1.54, 1.807) is 6.07 Å². The maximum absolute atomic E-state index is 13.8. The number of thioether (sulfide) groups is 1. The Kier molecular flexibility index (Phi) is 4.34. The smallest absolute Gasteiger partial charge is 0.355 e. The molecule has 2 aromatic carbocycles. The van der Waals surface area contributed by atoms with Crippen LogP contribution in [0.25, 0.3) is 0 Å². The summed E-state index contributed by atoms with van der Waals surface area (Å²) in [5.41, 5.74) is -2.38. The molecule has 2 aromatic rings. The second-order valence-corrected chi connectivity index (χ2v) is 6.49. The molecule has 1 aliphatic rings. The van der Waals surface area contributed by atoms with E-state index >= 15 is 0 Å². The van der Waals surface area contributed by atoms with Crippen molar-refractivity contribution in [3.8, 4) is 17.6 Å². The third-order valence-corrected chi connectivity index (χ3v) is 4.71. The lowest BCUT2D eigenvalue weighted by molar-refractivity contribution is -0.263. The molecule has 0 radical (unpaired) electrons. The number of aliphatic hydroxyl groups is 2. The van der Waals surface area contributed by atoms with Gasteiger partial charge in [0.25, 0.3) is 12.2 Å². The van der Waals surface area contributed by atoms with Gasteiger partial charge >= 0.3 is 5.25 Å². The van der Waals surface area contributed by atoms with Crippen LogP contribution in [0.1, 0.15) is 23.1 Å². The maximum atomic E-state index is 13.8. The van der Waals surface area contributed by atoms with Crippen LogP contribution in [0.15, 0.2) is 35.2 Å². The quantitative estimate of drug-likeness (QED) is 0.606. The number of ether oxygens (including phenoxy) is 1. The van der Waals surface area contributed by atoms with E-state index in [1.807, 2.05) is 0 Å². The number of nitriles is 1. The first-order chi connectivity index (χ1) is 12.1. The molecule has 10 heteroatoms. The molecule has 0 aromatic heterocycles. The van der Waals surface area contributed by atoms with Crippen molar-refractivity contribution in [2.75, 3.05) is 0 Å². The summed E-state index contributed by atoms with van der Waals surface area (Å²) in [4.78, 5) is -0.445. The van der Waals surface area contributed by atoms with Gasteiger partial charge in [0.15, 0.2) is 0 Å². The fourth-order valence-corrected chi connectivity index (χ4v) is 3.51. The van der Waals surface area contributed by atoms with Crippen molar-refractivity contribution in [1.82, 2.24) is 0 Å². The van der Waals surface area contributed by atoms with Crippen LogP contribution in [0.2, 0.25) is 0 Å². The summed E-state index contributed by atoms with van der Waals surface area (Å²) in [5.74, 6) is -5.71. The van der Waals surface area contributed by atoms with Gasteiger partial charge in [0, 0.05) is 16.5 Å². The van der Waals surface area contributed by atoms with Gasteiger partial charge in [-0.3, -0.25) is 0 Å². The third kappa shape index (κ3) is 2.88. The average molecular weight is 389 g/mol. The Bertz CT molecular complexity index is 927. The summed E-state index contributed by atoms with van der Waals surface area (Å²) in [5, 5.41) is 24.1. The summed E-state index contributed by atoms with van der Waals surface area (Å²) in [6, 6.07) is 6.29. The van der Waals surface area contributed by atoms with Gasteiger partial charge in [0.05, 0.1) is 17.2 Å². The number of rotatable bonds is 3. The zero-order valence-electron chi connectivity index (χ0n) is 12.5. The largest absolute Gasteiger partial charge is 0.457 e. The highest BCUT2D eigenvalue weighted by atomic mass is 32.2. The van der Waals surface area contributed by atoms with Crippen LogP contribution in [0, 0.1) is 17.1 Å². The molecule has 0 unspecified atom stereocenters. The summed E-state index contributed by atoms with van der Waals surface area (Å²) < 4.78 is 73.2. The molecule has 0 aliphatic carbocycles. The zero-order chi connectivity index (χ0) is 19.3. The zero-order valence-corrected chi connectivity index (χ0v) is 13.3. The molecular weight excluding hydrogens is 381 g/mol. The number of halogens is 5. The number of alkyl halides is 4. The molecule has 0 spiro atoms. The van der Waals surface area contributed by atoms with Crippen LogP contribution in [0.4, 0.5) is 22.0 Å². The second kappa shape index (κ2) is 6.12. The maximum Gasteiger partial charge on any atom is 0.355 e. The molecule has 3 rings (SSSR count). The summed E-state index contributed by atoms with van der Waals surface area (Å²) >= 11 is -0.270. The number of hydrogen-bond donors (Lipinski definition) is 2. The van der Waals surface area contributed by atoms with Crippen molar-refractivity contribution in [3.63, 3.8) is 0 Å². The van der Waals surface area contributed by atoms with Crippen molar-refractivity contribution in [2.24, 2.45) is 0 Å². The van der Waals surface area contributed by atoms with E-state index in [1.165, 1.54) is 0 Å². The van der Waals surface area contributed by atoms with Crippen LogP contribution < -0.4 is 4.74 Å². The minimum atomic E-state index is -4.15. The standard InChI is InChI=1S/C16H8F5NO3S/c17-8-3-7(6-22)4-9(5-8)25-10-1-2-11-13(12(10)14(18)19)15(23,24)16(20,21)26-11/h1-5,14,23-24H. The predicted octanol–water partition coefficient (Wildman–Crippen LogP) is 4.26. The van der Waals surface area contributed by atoms with Gasteiger partial charge in [-0.15, -0.1) is 0 Å². The Morgan fingerprint density at radius 3 is 2.46 bits per heavy atom. The predicted molar refractivity (Wildman–Crippen MR) is 79.5 cm³/mol. The van der Waals surface area contributed by atoms with Crippen LogP contribution in [0.3, 0.4) is 0 Å². The lowest BCUT2D eigenvalue weighted by Crippen LogP contribution is -2.39. The van der Waals surface area contributed by atoms with Crippen molar-refractivity contribution >= 4 is 11.8 Å². The molecule has 1 aliphatic heterocycles. The van der Waals surface area contributed by atoms with Crippen LogP contribution in [0.5, 0.6) is 11.5 Å². The molecule has 1 heterocycles. The highest BCUT2D eigenvalue weighted by Gasteiger charge is 2.62. The minimum Gasteiger partial charge on any atom is -0.457 e. The average Bonchev–Trinajstić information content (AvgIpc) is 2.72. The summed E-state index contributed by atoms with van der Waals surface area (Å²) in [6.45, 7) is 0. The topological polar surface area (TPSA) is 73.5 Å². The summed E-state index contributed by atoms with van der Waals surface area (Å²) in [6.07, 6.45) is -3.39. The first-order valence-corrected chi connectivity index (χ1v) is 7.74. The van der Waals surface area contributed by atoms with Crippen molar-refractivity contribution in [3.05, 3.63) is 52.8 Å². The van der Waals surface area contributed by atoms with Gasteiger partial charge in [-0.05, 0) is 36.0 Å². The molecule has 0 saturated carbocycles. The Hall–Kier alpha value is -2.35. The second-order valence-electron chi connectivity index (χ2n) is 5.33. The summed E-state index contributed by atoms with van der Waals surface area (Å²) in [7, 11) is 0. The van der Waals surface area contributed by atoms with Crippen LogP contribution >= 0.6 is 11.8 Å². The van der Waals surface area contributed by atoms with Gasteiger partial charge < -0.3 is 14.9 Å². The molecule has 2 N–H and O–H groups in total. The Labute approximate surface area is 147 Å². The number of nitrogens with zero attached hydrogens (tertiary/aromatic N) is 1. The number of benzene rings is 2. The Morgan fingerprint density at radius 1 is 1.15 bits per heavy atom. The number of hydrogen-bond acceptors (Lipinski definition) is 5. The van der Waals surface area contributed by atoms with E-state index in [2.05, 4.69) is 0 Å². The van der Waals surface area contributed by atoms with E-state index in [0.29, 0.717) is 0 Å². The molecule has 0 bridgehead atoms. The van der Waals surface area contributed by atoms with E-state index in [4.69, 9.17) is 10.00 Å². The van der Waals surface area contributed by atoms with E-state index in [0.717, 1.165) is 30.3 Å². The van der Waals surface area contributed by atoms with Crippen LogP contribution in [-0.2, 0) is 5.79 Å². The first-order valence-electron chi connectivity index (χ1n) is 6.92. The van der Waals surface area contributed by atoms with E-state index in [9.17, 15) is 32.2 Å².